The Bertz CT molecular complexity index is 542. The van der Waals surface area contributed by atoms with E-state index in [0.717, 1.165) is 23.7 Å². The van der Waals surface area contributed by atoms with Gasteiger partial charge in [0.05, 0.1) is 12.8 Å². The van der Waals surface area contributed by atoms with Crippen molar-refractivity contribution in [3.63, 3.8) is 0 Å². The minimum absolute atomic E-state index is 0.469. The van der Waals surface area contributed by atoms with Crippen LogP contribution < -0.4 is 15.4 Å². The molecule has 0 bridgehead atoms. The molecule has 2 N–H and O–H groups in total. The number of aromatic nitrogens is 1. The summed E-state index contributed by atoms with van der Waals surface area (Å²) in [5, 5.41) is 0. The van der Waals surface area contributed by atoms with E-state index in [4.69, 9.17) is 10.5 Å². The van der Waals surface area contributed by atoms with Crippen LogP contribution in [0.1, 0.15) is 11.3 Å². The monoisotopic (exact) mass is 257 g/mol. The molecule has 0 fully saturated rings. The van der Waals surface area contributed by atoms with Crippen LogP contribution in [-0.4, -0.2) is 19.1 Å². The van der Waals surface area contributed by atoms with Crippen LogP contribution in [0.5, 0.6) is 5.75 Å². The van der Waals surface area contributed by atoms with E-state index in [1.807, 2.05) is 30.3 Å². The third-order valence-electron chi connectivity index (χ3n) is 3.00. The molecule has 1 aromatic carbocycles. The molecule has 0 aliphatic rings. The first-order valence-corrected chi connectivity index (χ1v) is 6.22. The number of pyridine rings is 1. The number of methoxy groups -OCH3 is 1. The highest BCUT2D eigenvalue weighted by Gasteiger charge is 2.04. The van der Waals surface area contributed by atoms with Crippen molar-refractivity contribution < 1.29 is 4.74 Å². The predicted octanol–water partition coefficient (Wildman–Crippen LogP) is 2.19. The number of benzene rings is 1. The third kappa shape index (κ3) is 3.45. The first kappa shape index (κ1) is 13.4. The number of ether oxygens (including phenoxy) is 1. The van der Waals surface area contributed by atoms with Crippen molar-refractivity contribution in [1.29, 1.82) is 0 Å². The smallest absolute Gasteiger partial charge is 0.120 e. The molecule has 19 heavy (non-hydrogen) atoms. The van der Waals surface area contributed by atoms with Gasteiger partial charge in [0.2, 0.25) is 0 Å². The average Bonchev–Trinajstić information content (AvgIpc) is 2.47. The summed E-state index contributed by atoms with van der Waals surface area (Å²) in [5.41, 5.74) is 8.83. The molecule has 100 valence electrons. The van der Waals surface area contributed by atoms with E-state index in [1.165, 1.54) is 5.56 Å². The van der Waals surface area contributed by atoms with E-state index in [-0.39, 0.29) is 0 Å². The van der Waals surface area contributed by atoms with Gasteiger partial charge in [-0.2, -0.15) is 0 Å². The van der Waals surface area contributed by atoms with Crippen LogP contribution in [0.3, 0.4) is 0 Å². The van der Waals surface area contributed by atoms with Gasteiger partial charge in [0, 0.05) is 38.1 Å². The van der Waals surface area contributed by atoms with Gasteiger partial charge in [-0.15, -0.1) is 0 Å². The summed E-state index contributed by atoms with van der Waals surface area (Å²) in [6.45, 7) is 1.28. The summed E-state index contributed by atoms with van der Waals surface area (Å²) in [4.78, 5) is 6.37. The zero-order valence-electron chi connectivity index (χ0n) is 11.3. The quantitative estimate of drug-likeness (QED) is 0.892. The Hall–Kier alpha value is -2.07. The second-order valence-corrected chi connectivity index (χ2v) is 4.42. The lowest BCUT2D eigenvalue weighted by Crippen LogP contribution is -2.16. The molecule has 1 heterocycles. The summed E-state index contributed by atoms with van der Waals surface area (Å²) in [6.07, 6.45) is 1.80. The van der Waals surface area contributed by atoms with Gasteiger partial charge in [-0.05, 0) is 29.8 Å². The zero-order chi connectivity index (χ0) is 13.7. The van der Waals surface area contributed by atoms with Gasteiger partial charge < -0.3 is 15.4 Å². The van der Waals surface area contributed by atoms with Crippen LogP contribution in [-0.2, 0) is 13.1 Å². The van der Waals surface area contributed by atoms with Gasteiger partial charge >= 0.3 is 0 Å². The van der Waals surface area contributed by atoms with E-state index < -0.39 is 0 Å². The topological polar surface area (TPSA) is 51.4 Å². The molecular formula is C15H19N3O. The first-order chi connectivity index (χ1) is 9.22. The van der Waals surface area contributed by atoms with Crippen molar-refractivity contribution in [2.45, 2.75) is 13.1 Å². The SMILES string of the molecule is COc1cccc(N(C)Cc2ccnc(CN)c2)c1. The molecule has 0 saturated carbocycles. The van der Waals surface area contributed by atoms with Gasteiger partial charge in [0.1, 0.15) is 5.75 Å². The molecule has 4 heteroatoms. The Labute approximate surface area is 113 Å². The zero-order valence-corrected chi connectivity index (χ0v) is 11.3. The molecule has 0 radical (unpaired) electrons. The fourth-order valence-electron chi connectivity index (χ4n) is 1.95. The van der Waals surface area contributed by atoms with Crippen LogP contribution in [0.2, 0.25) is 0 Å². The molecule has 0 spiro atoms. The van der Waals surface area contributed by atoms with Crippen LogP contribution in [0, 0.1) is 0 Å². The van der Waals surface area contributed by atoms with Gasteiger partial charge in [-0.3, -0.25) is 4.98 Å². The van der Waals surface area contributed by atoms with E-state index in [2.05, 4.69) is 23.0 Å². The Balaban J connectivity index is 2.13. The van der Waals surface area contributed by atoms with E-state index in [0.29, 0.717) is 6.54 Å². The number of nitrogens with two attached hydrogens (primary N) is 1. The fourth-order valence-corrected chi connectivity index (χ4v) is 1.95. The van der Waals surface area contributed by atoms with Crippen molar-refractivity contribution in [2.24, 2.45) is 5.73 Å². The van der Waals surface area contributed by atoms with Crippen LogP contribution in [0.15, 0.2) is 42.6 Å². The molecule has 0 amide bonds. The predicted molar refractivity (Wildman–Crippen MR) is 77.2 cm³/mol. The summed E-state index contributed by atoms with van der Waals surface area (Å²) < 4.78 is 5.24. The molecule has 0 saturated heterocycles. The summed E-state index contributed by atoms with van der Waals surface area (Å²) in [6, 6.07) is 12.1. The Morgan fingerprint density at radius 3 is 2.84 bits per heavy atom. The highest BCUT2D eigenvalue weighted by Crippen LogP contribution is 2.21. The van der Waals surface area contributed by atoms with Crippen LogP contribution in [0.4, 0.5) is 5.69 Å². The molecule has 1 aromatic heterocycles. The van der Waals surface area contributed by atoms with Gasteiger partial charge in [-0.25, -0.2) is 0 Å². The fraction of sp³-hybridized carbons (Fsp3) is 0.267. The first-order valence-electron chi connectivity index (χ1n) is 6.22. The van der Waals surface area contributed by atoms with Crippen molar-refractivity contribution in [3.8, 4) is 5.75 Å². The molecule has 0 aliphatic carbocycles. The van der Waals surface area contributed by atoms with Crippen LogP contribution >= 0.6 is 0 Å². The summed E-state index contributed by atoms with van der Waals surface area (Å²) >= 11 is 0. The number of hydrogen-bond donors (Lipinski definition) is 1. The van der Waals surface area contributed by atoms with Crippen molar-refractivity contribution in [2.75, 3.05) is 19.1 Å². The standard InChI is InChI=1S/C15H19N3O/c1-18(14-4-3-5-15(9-14)19-2)11-12-6-7-17-13(8-12)10-16/h3-9H,10-11,16H2,1-2H3. The molecule has 0 unspecified atom stereocenters. The largest absolute Gasteiger partial charge is 0.497 e. The average molecular weight is 257 g/mol. The third-order valence-corrected chi connectivity index (χ3v) is 3.00. The number of anilines is 1. The van der Waals surface area contributed by atoms with E-state index in [9.17, 15) is 0 Å². The number of rotatable bonds is 5. The maximum Gasteiger partial charge on any atom is 0.120 e. The maximum atomic E-state index is 5.61. The van der Waals surface area contributed by atoms with Gasteiger partial charge in [0.25, 0.3) is 0 Å². The second kappa shape index (κ2) is 6.20. The lowest BCUT2D eigenvalue weighted by molar-refractivity contribution is 0.415. The lowest BCUT2D eigenvalue weighted by atomic mass is 10.2. The molecule has 0 aliphatic heterocycles. The lowest BCUT2D eigenvalue weighted by Gasteiger charge is -2.20. The molecule has 4 nitrogen and oxygen atoms in total. The minimum Gasteiger partial charge on any atom is -0.497 e. The highest BCUT2D eigenvalue weighted by atomic mass is 16.5. The Kier molecular flexibility index (Phi) is 4.36. The minimum atomic E-state index is 0.469. The van der Waals surface area contributed by atoms with Crippen molar-refractivity contribution in [3.05, 3.63) is 53.9 Å². The van der Waals surface area contributed by atoms with Crippen molar-refractivity contribution >= 4 is 5.69 Å². The molecular weight excluding hydrogens is 238 g/mol. The second-order valence-electron chi connectivity index (χ2n) is 4.42. The van der Waals surface area contributed by atoms with E-state index in [1.54, 1.807) is 13.3 Å². The van der Waals surface area contributed by atoms with Crippen molar-refractivity contribution in [1.82, 2.24) is 4.98 Å². The van der Waals surface area contributed by atoms with E-state index >= 15 is 0 Å². The summed E-state index contributed by atoms with van der Waals surface area (Å²) in [5.74, 6) is 0.863. The van der Waals surface area contributed by atoms with Gasteiger partial charge in [0.15, 0.2) is 0 Å². The molecule has 2 aromatic rings. The highest BCUT2D eigenvalue weighted by molar-refractivity contribution is 5.50. The molecule has 2 rings (SSSR count). The Morgan fingerprint density at radius 2 is 2.11 bits per heavy atom. The van der Waals surface area contributed by atoms with Gasteiger partial charge in [-0.1, -0.05) is 6.07 Å². The summed E-state index contributed by atoms with van der Waals surface area (Å²) in [7, 11) is 3.73. The molecule has 0 atom stereocenters. The maximum absolute atomic E-state index is 5.61. The van der Waals surface area contributed by atoms with Crippen LogP contribution in [0.25, 0.3) is 0 Å². The number of nitrogens with zero attached hydrogens (tertiary/aromatic N) is 2. The Morgan fingerprint density at radius 1 is 1.26 bits per heavy atom. The normalized spacial score (nSPS) is 10.3. The number of hydrogen-bond acceptors (Lipinski definition) is 4.